The lowest BCUT2D eigenvalue weighted by molar-refractivity contribution is 0.0529. The fraction of sp³-hybridized carbons (Fsp3) is 0.979. The first kappa shape index (κ1) is 49.3. The third-order valence-electron chi connectivity index (χ3n) is 10.9. The van der Waals surface area contributed by atoms with Gasteiger partial charge in [-0.1, -0.05) is 271 Å². The normalized spacial score (nSPS) is 11.4. The first-order valence-corrected chi connectivity index (χ1v) is 23.6. The van der Waals surface area contributed by atoms with Crippen molar-refractivity contribution in [2.24, 2.45) is 0 Å². The largest absolute Gasteiger partial charge is 0.508 e. The molecule has 0 aliphatic rings. The van der Waals surface area contributed by atoms with Crippen molar-refractivity contribution in [2.75, 3.05) is 13.2 Å². The summed E-state index contributed by atoms with van der Waals surface area (Å²) in [5, 5.41) is 0. The zero-order valence-corrected chi connectivity index (χ0v) is 34.8. The predicted molar refractivity (Wildman–Crippen MR) is 223 cm³/mol. The van der Waals surface area contributed by atoms with Crippen LogP contribution in [0.5, 0.6) is 0 Å². The molecule has 0 aromatic carbocycles. The van der Waals surface area contributed by atoms with Crippen molar-refractivity contribution >= 4 is 6.16 Å². The monoisotopic (exact) mass is 707 g/mol. The van der Waals surface area contributed by atoms with Crippen LogP contribution in [0.15, 0.2) is 0 Å². The molecule has 0 saturated heterocycles. The van der Waals surface area contributed by atoms with E-state index < -0.39 is 6.16 Å². The molecule has 0 bridgehead atoms. The molecular weight excluding hydrogens is 613 g/mol. The Kier molecular flexibility index (Phi) is 45.6. The van der Waals surface area contributed by atoms with Gasteiger partial charge in [0.1, 0.15) is 0 Å². The molecule has 0 saturated carbocycles. The SMILES string of the molecule is CCCCCCCCCCCCCCCCCCCCCCCOC(=O)OCCCCCCCCCCCCCCCCCCCCCCC. The van der Waals surface area contributed by atoms with Gasteiger partial charge in [0.25, 0.3) is 0 Å². The van der Waals surface area contributed by atoms with Crippen LogP contribution in [0.1, 0.15) is 284 Å². The molecule has 0 fully saturated rings. The van der Waals surface area contributed by atoms with E-state index >= 15 is 0 Å². The topological polar surface area (TPSA) is 35.5 Å². The Morgan fingerprint density at radius 1 is 0.240 bits per heavy atom. The van der Waals surface area contributed by atoms with E-state index in [1.54, 1.807) is 0 Å². The molecule has 300 valence electrons. The second kappa shape index (κ2) is 46.3. The van der Waals surface area contributed by atoms with Crippen LogP contribution in [-0.2, 0) is 9.47 Å². The molecule has 0 amide bonds. The number of ether oxygens (including phenoxy) is 2. The highest BCUT2D eigenvalue weighted by Gasteiger charge is 2.03. The minimum absolute atomic E-state index is 0.466. The number of hydrogen-bond donors (Lipinski definition) is 0. The number of unbranched alkanes of at least 4 members (excludes halogenated alkanes) is 40. The first-order valence-electron chi connectivity index (χ1n) is 23.6. The van der Waals surface area contributed by atoms with Crippen molar-refractivity contribution in [3.63, 3.8) is 0 Å². The Morgan fingerprint density at radius 3 is 0.540 bits per heavy atom. The van der Waals surface area contributed by atoms with Crippen LogP contribution in [0.2, 0.25) is 0 Å². The zero-order chi connectivity index (χ0) is 36.1. The summed E-state index contributed by atoms with van der Waals surface area (Å²) in [6, 6.07) is 0. The average molecular weight is 707 g/mol. The summed E-state index contributed by atoms with van der Waals surface area (Å²) in [6.07, 6.45) is 57.7. The Hall–Kier alpha value is -0.730. The number of carbonyl (C=O) groups is 1. The van der Waals surface area contributed by atoms with Crippen molar-refractivity contribution in [1.82, 2.24) is 0 Å². The highest BCUT2D eigenvalue weighted by atomic mass is 16.7. The lowest BCUT2D eigenvalue weighted by atomic mass is 10.0. The van der Waals surface area contributed by atoms with Crippen LogP contribution in [0.3, 0.4) is 0 Å². The predicted octanol–water partition coefficient (Wildman–Crippen LogP) is 17.6. The van der Waals surface area contributed by atoms with Gasteiger partial charge >= 0.3 is 6.16 Å². The van der Waals surface area contributed by atoms with Gasteiger partial charge in [-0.3, -0.25) is 0 Å². The molecule has 0 heterocycles. The molecule has 0 aromatic heterocycles. The summed E-state index contributed by atoms with van der Waals surface area (Å²) in [4.78, 5) is 11.8. The summed E-state index contributed by atoms with van der Waals surface area (Å²) in [6.45, 7) is 5.62. The Balaban J connectivity index is 3.14. The van der Waals surface area contributed by atoms with Crippen LogP contribution in [0.25, 0.3) is 0 Å². The van der Waals surface area contributed by atoms with Gasteiger partial charge in [0.15, 0.2) is 0 Å². The van der Waals surface area contributed by atoms with Crippen LogP contribution >= 0.6 is 0 Å². The van der Waals surface area contributed by atoms with E-state index in [-0.39, 0.29) is 0 Å². The van der Waals surface area contributed by atoms with Crippen LogP contribution in [0.4, 0.5) is 4.79 Å². The first-order chi connectivity index (χ1) is 24.8. The Morgan fingerprint density at radius 2 is 0.380 bits per heavy atom. The van der Waals surface area contributed by atoms with Gasteiger partial charge in [0.2, 0.25) is 0 Å². The highest BCUT2D eigenvalue weighted by Crippen LogP contribution is 2.17. The van der Waals surface area contributed by atoms with Crippen LogP contribution in [-0.4, -0.2) is 19.4 Å². The molecule has 0 aromatic rings. The summed E-state index contributed by atoms with van der Waals surface area (Å²) in [5.41, 5.74) is 0. The van der Waals surface area contributed by atoms with E-state index in [2.05, 4.69) is 13.8 Å². The van der Waals surface area contributed by atoms with Gasteiger partial charge in [-0.2, -0.15) is 0 Å². The fourth-order valence-corrected chi connectivity index (χ4v) is 7.42. The molecule has 0 radical (unpaired) electrons. The standard InChI is InChI=1S/C47H94O3/c1-3-5-7-9-11-13-15-17-19-21-23-25-27-29-31-33-35-37-39-41-43-45-49-47(48)50-46-44-42-40-38-36-34-32-30-28-26-24-22-20-18-16-14-12-10-8-6-4-2/h3-46H2,1-2H3. The van der Waals surface area contributed by atoms with E-state index in [0.29, 0.717) is 13.2 Å². The quantitative estimate of drug-likeness (QED) is 0.0467. The van der Waals surface area contributed by atoms with Gasteiger partial charge in [-0.15, -0.1) is 0 Å². The smallest absolute Gasteiger partial charge is 0.434 e. The maximum Gasteiger partial charge on any atom is 0.508 e. The van der Waals surface area contributed by atoms with Crippen LogP contribution < -0.4 is 0 Å². The molecule has 0 N–H and O–H groups in total. The summed E-state index contributed by atoms with van der Waals surface area (Å²) >= 11 is 0. The van der Waals surface area contributed by atoms with Gasteiger partial charge < -0.3 is 9.47 Å². The molecule has 0 aliphatic heterocycles. The molecule has 0 rings (SSSR count). The maximum absolute atomic E-state index is 11.8. The summed E-state index contributed by atoms with van der Waals surface area (Å²) < 4.78 is 10.5. The van der Waals surface area contributed by atoms with Crippen molar-refractivity contribution in [3.8, 4) is 0 Å². The zero-order valence-electron chi connectivity index (χ0n) is 34.8. The Bertz CT molecular complexity index is 555. The number of carbonyl (C=O) groups excluding carboxylic acids is 1. The molecule has 0 unspecified atom stereocenters. The van der Waals surface area contributed by atoms with Gasteiger partial charge in [0.05, 0.1) is 13.2 Å². The van der Waals surface area contributed by atoms with Crippen molar-refractivity contribution in [1.29, 1.82) is 0 Å². The second-order valence-electron chi connectivity index (χ2n) is 16.1. The summed E-state index contributed by atoms with van der Waals surface area (Å²) in [7, 11) is 0. The van der Waals surface area contributed by atoms with Crippen LogP contribution in [0, 0.1) is 0 Å². The van der Waals surface area contributed by atoms with E-state index in [4.69, 9.17) is 9.47 Å². The minimum Gasteiger partial charge on any atom is -0.434 e. The average Bonchev–Trinajstić information content (AvgIpc) is 3.12. The third kappa shape index (κ3) is 45.3. The van der Waals surface area contributed by atoms with E-state index in [1.807, 2.05) is 0 Å². The van der Waals surface area contributed by atoms with Crippen molar-refractivity contribution < 1.29 is 14.3 Å². The molecular formula is C47H94O3. The van der Waals surface area contributed by atoms with Gasteiger partial charge in [-0.25, -0.2) is 4.79 Å². The highest BCUT2D eigenvalue weighted by molar-refractivity contribution is 5.59. The van der Waals surface area contributed by atoms with E-state index in [9.17, 15) is 4.79 Å². The van der Waals surface area contributed by atoms with Gasteiger partial charge in [-0.05, 0) is 12.8 Å². The molecule has 0 spiro atoms. The fourth-order valence-electron chi connectivity index (χ4n) is 7.42. The molecule has 0 atom stereocenters. The second-order valence-corrected chi connectivity index (χ2v) is 16.1. The molecule has 3 heteroatoms. The van der Waals surface area contributed by atoms with E-state index in [1.165, 1.54) is 244 Å². The minimum atomic E-state index is -0.466. The lowest BCUT2D eigenvalue weighted by Crippen LogP contribution is -2.09. The van der Waals surface area contributed by atoms with E-state index in [0.717, 1.165) is 25.7 Å². The molecule has 50 heavy (non-hydrogen) atoms. The molecule has 3 nitrogen and oxygen atoms in total. The van der Waals surface area contributed by atoms with Crippen molar-refractivity contribution in [2.45, 2.75) is 284 Å². The lowest BCUT2D eigenvalue weighted by Gasteiger charge is -2.07. The Labute approximate surface area is 316 Å². The maximum atomic E-state index is 11.8. The third-order valence-corrected chi connectivity index (χ3v) is 10.9. The number of rotatable bonds is 44. The van der Waals surface area contributed by atoms with Crippen molar-refractivity contribution in [3.05, 3.63) is 0 Å². The number of hydrogen-bond acceptors (Lipinski definition) is 3. The summed E-state index contributed by atoms with van der Waals surface area (Å²) in [5.74, 6) is 0. The molecule has 0 aliphatic carbocycles. The van der Waals surface area contributed by atoms with Gasteiger partial charge in [0, 0.05) is 0 Å².